The summed E-state index contributed by atoms with van der Waals surface area (Å²) < 4.78 is 5.47. The lowest BCUT2D eigenvalue weighted by Crippen LogP contribution is -2.10. The van der Waals surface area contributed by atoms with E-state index in [1.165, 1.54) is 6.20 Å². The molecule has 0 saturated heterocycles. The van der Waals surface area contributed by atoms with Gasteiger partial charge in [-0.2, -0.15) is 0 Å². The number of hydrogen-bond acceptors (Lipinski definition) is 4. The van der Waals surface area contributed by atoms with Crippen molar-refractivity contribution in [3.8, 4) is 5.75 Å². The molecule has 17 heavy (non-hydrogen) atoms. The van der Waals surface area contributed by atoms with E-state index >= 15 is 0 Å². The summed E-state index contributed by atoms with van der Waals surface area (Å²) in [6, 6.07) is 3.19. The van der Waals surface area contributed by atoms with Gasteiger partial charge in [0.25, 0.3) is 0 Å². The van der Waals surface area contributed by atoms with Crippen LogP contribution in [0.15, 0.2) is 18.3 Å². The summed E-state index contributed by atoms with van der Waals surface area (Å²) in [5.41, 5.74) is 0. The summed E-state index contributed by atoms with van der Waals surface area (Å²) in [5.74, 6) is 0.390. The first-order chi connectivity index (χ1) is 8.16. The SMILES string of the molecule is O=[N+]([O-])c1ncccc1OCC1CC[C@H](Cl)C1. The van der Waals surface area contributed by atoms with E-state index in [4.69, 9.17) is 16.3 Å². The van der Waals surface area contributed by atoms with E-state index < -0.39 is 4.92 Å². The Bertz CT molecular complexity index is 413. The zero-order valence-corrected chi connectivity index (χ0v) is 9.97. The third kappa shape index (κ3) is 3.06. The normalized spacial score (nSPS) is 23.6. The topological polar surface area (TPSA) is 65.3 Å². The smallest absolute Gasteiger partial charge is 0.406 e. The lowest BCUT2D eigenvalue weighted by atomic mass is 10.1. The standard InChI is InChI=1S/C11H13ClN2O3/c12-9-4-3-8(6-9)7-17-10-2-1-5-13-11(10)14(15)16/h1-2,5,8-9H,3-4,6-7H2/t8?,9-/m0/s1. The number of alkyl halides is 1. The number of aromatic nitrogens is 1. The Kier molecular flexibility index (Phi) is 3.78. The number of pyridine rings is 1. The highest BCUT2D eigenvalue weighted by Gasteiger charge is 2.24. The van der Waals surface area contributed by atoms with Gasteiger partial charge in [0.15, 0.2) is 0 Å². The second-order valence-electron chi connectivity index (χ2n) is 4.17. The molecule has 1 saturated carbocycles. The molecule has 5 nitrogen and oxygen atoms in total. The average molecular weight is 257 g/mol. The van der Waals surface area contributed by atoms with E-state index in [2.05, 4.69) is 4.98 Å². The molecule has 1 aliphatic rings. The van der Waals surface area contributed by atoms with Crippen LogP contribution in [0.2, 0.25) is 0 Å². The monoisotopic (exact) mass is 256 g/mol. The molecule has 92 valence electrons. The van der Waals surface area contributed by atoms with Gasteiger partial charge in [0.05, 0.1) is 6.61 Å². The number of nitrogens with zero attached hydrogens (tertiary/aromatic N) is 2. The number of rotatable bonds is 4. The van der Waals surface area contributed by atoms with Crippen molar-refractivity contribution in [3.63, 3.8) is 0 Å². The molecule has 2 rings (SSSR count). The van der Waals surface area contributed by atoms with Gasteiger partial charge in [0.1, 0.15) is 6.20 Å². The molecule has 1 aromatic rings. The molecular formula is C11H13ClN2O3. The number of ether oxygens (including phenoxy) is 1. The number of halogens is 1. The van der Waals surface area contributed by atoms with Gasteiger partial charge in [0.2, 0.25) is 5.75 Å². The number of nitro groups is 1. The molecular weight excluding hydrogens is 244 g/mol. The van der Waals surface area contributed by atoms with Crippen molar-refractivity contribution in [1.82, 2.24) is 4.98 Å². The molecule has 0 aromatic carbocycles. The summed E-state index contributed by atoms with van der Waals surface area (Å²) in [6.45, 7) is 0.468. The van der Waals surface area contributed by atoms with Crippen LogP contribution in [0.5, 0.6) is 5.75 Å². The Morgan fingerprint density at radius 2 is 2.41 bits per heavy atom. The summed E-state index contributed by atoms with van der Waals surface area (Å²) in [5, 5.41) is 10.9. The quantitative estimate of drug-likeness (QED) is 0.472. The molecule has 0 radical (unpaired) electrons. The van der Waals surface area contributed by atoms with Crippen LogP contribution in [0.25, 0.3) is 0 Å². The fourth-order valence-corrected chi connectivity index (χ4v) is 2.38. The van der Waals surface area contributed by atoms with Crippen LogP contribution >= 0.6 is 11.6 Å². The van der Waals surface area contributed by atoms with Crippen molar-refractivity contribution >= 4 is 17.4 Å². The van der Waals surface area contributed by atoms with Gasteiger partial charge in [0, 0.05) is 5.38 Å². The van der Waals surface area contributed by atoms with E-state index in [1.54, 1.807) is 12.1 Å². The molecule has 0 bridgehead atoms. The van der Waals surface area contributed by atoms with Gasteiger partial charge in [-0.05, 0) is 47.2 Å². The minimum atomic E-state index is -0.533. The zero-order valence-electron chi connectivity index (χ0n) is 9.21. The first-order valence-electron chi connectivity index (χ1n) is 5.53. The van der Waals surface area contributed by atoms with E-state index in [0.717, 1.165) is 19.3 Å². The van der Waals surface area contributed by atoms with E-state index in [1.807, 2.05) is 0 Å². The predicted molar refractivity (Wildman–Crippen MR) is 63.4 cm³/mol. The molecule has 1 aromatic heterocycles. The van der Waals surface area contributed by atoms with Crippen molar-refractivity contribution in [2.45, 2.75) is 24.6 Å². The van der Waals surface area contributed by atoms with Gasteiger partial charge in [-0.15, -0.1) is 11.6 Å². The van der Waals surface area contributed by atoms with Gasteiger partial charge in [-0.3, -0.25) is 0 Å². The van der Waals surface area contributed by atoms with Gasteiger partial charge >= 0.3 is 5.82 Å². The van der Waals surface area contributed by atoms with Gasteiger partial charge in [-0.25, -0.2) is 0 Å². The van der Waals surface area contributed by atoms with E-state index in [-0.39, 0.29) is 16.9 Å². The highest BCUT2D eigenvalue weighted by molar-refractivity contribution is 6.20. The maximum atomic E-state index is 10.7. The Hall–Kier alpha value is -1.36. The Morgan fingerprint density at radius 3 is 3.06 bits per heavy atom. The van der Waals surface area contributed by atoms with Crippen LogP contribution in [0.1, 0.15) is 19.3 Å². The van der Waals surface area contributed by atoms with Crippen LogP contribution in [0.4, 0.5) is 5.82 Å². The lowest BCUT2D eigenvalue weighted by molar-refractivity contribution is -0.390. The Labute approximate surface area is 104 Å². The molecule has 0 spiro atoms. The lowest BCUT2D eigenvalue weighted by Gasteiger charge is -2.10. The van der Waals surface area contributed by atoms with Crippen LogP contribution in [0, 0.1) is 16.0 Å². The highest BCUT2D eigenvalue weighted by atomic mass is 35.5. The molecule has 1 fully saturated rings. The summed E-state index contributed by atoms with van der Waals surface area (Å²) in [7, 11) is 0. The maximum absolute atomic E-state index is 10.7. The fraction of sp³-hybridized carbons (Fsp3) is 0.545. The van der Waals surface area contributed by atoms with E-state index in [0.29, 0.717) is 12.5 Å². The second kappa shape index (κ2) is 5.31. The summed E-state index contributed by atoms with van der Waals surface area (Å²) in [6.07, 6.45) is 4.30. The van der Waals surface area contributed by atoms with E-state index in [9.17, 15) is 10.1 Å². The molecule has 0 aliphatic heterocycles. The Morgan fingerprint density at radius 1 is 1.59 bits per heavy atom. The molecule has 1 heterocycles. The first kappa shape index (κ1) is 12.1. The predicted octanol–water partition coefficient (Wildman–Crippen LogP) is 2.78. The van der Waals surface area contributed by atoms with Crippen LogP contribution in [-0.4, -0.2) is 21.9 Å². The van der Waals surface area contributed by atoms with Crippen molar-refractivity contribution in [2.24, 2.45) is 5.92 Å². The zero-order chi connectivity index (χ0) is 12.3. The fourth-order valence-electron chi connectivity index (χ4n) is 2.00. The highest BCUT2D eigenvalue weighted by Crippen LogP contribution is 2.31. The third-order valence-corrected chi connectivity index (χ3v) is 3.27. The van der Waals surface area contributed by atoms with Crippen LogP contribution < -0.4 is 4.74 Å². The Balaban J connectivity index is 1.97. The van der Waals surface area contributed by atoms with Crippen molar-refractivity contribution < 1.29 is 9.66 Å². The minimum absolute atomic E-state index is 0.215. The molecule has 6 heteroatoms. The van der Waals surface area contributed by atoms with Crippen molar-refractivity contribution in [2.75, 3.05) is 6.61 Å². The molecule has 2 atom stereocenters. The largest absolute Gasteiger partial charge is 0.485 e. The van der Waals surface area contributed by atoms with Crippen molar-refractivity contribution in [1.29, 1.82) is 0 Å². The molecule has 0 amide bonds. The summed E-state index contributed by atoms with van der Waals surface area (Å²) >= 11 is 5.99. The second-order valence-corrected chi connectivity index (χ2v) is 4.79. The molecule has 1 aliphatic carbocycles. The van der Waals surface area contributed by atoms with Crippen molar-refractivity contribution in [3.05, 3.63) is 28.4 Å². The minimum Gasteiger partial charge on any atom is -0.485 e. The van der Waals surface area contributed by atoms with Crippen LogP contribution in [-0.2, 0) is 0 Å². The van der Waals surface area contributed by atoms with Crippen LogP contribution in [0.3, 0.4) is 0 Å². The molecule has 0 N–H and O–H groups in total. The molecule has 1 unspecified atom stereocenters. The van der Waals surface area contributed by atoms with Gasteiger partial charge in [-0.1, -0.05) is 0 Å². The number of hydrogen-bond donors (Lipinski definition) is 0. The average Bonchev–Trinajstić information content (AvgIpc) is 2.73. The first-order valence-corrected chi connectivity index (χ1v) is 5.96. The summed E-state index contributed by atoms with van der Waals surface area (Å²) in [4.78, 5) is 13.9. The third-order valence-electron chi connectivity index (χ3n) is 2.88. The van der Waals surface area contributed by atoms with Gasteiger partial charge < -0.3 is 14.9 Å². The maximum Gasteiger partial charge on any atom is 0.406 e.